The van der Waals surface area contributed by atoms with Crippen molar-refractivity contribution >= 4 is 11.8 Å². The van der Waals surface area contributed by atoms with Crippen LogP contribution in [0.2, 0.25) is 0 Å². The van der Waals surface area contributed by atoms with E-state index in [9.17, 15) is 14.0 Å². The van der Waals surface area contributed by atoms with Crippen LogP contribution in [0.3, 0.4) is 0 Å². The predicted molar refractivity (Wildman–Crippen MR) is 114 cm³/mol. The summed E-state index contributed by atoms with van der Waals surface area (Å²) in [6, 6.07) is 14.2. The van der Waals surface area contributed by atoms with Gasteiger partial charge in [0.2, 0.25) is 11.8 Å². The first-order valence-electron chi connectivity index (χ1n) is 10.0. The van der Waals surface area contributed by atoms with E-state index < -0.39 is 0 Å². The summed E-state index contributed by atoms with van der Waals surface area (Å²) >= 11 is 0. The molecule has 0 spiro atoms. The maximum Gasteiger partial charge on any atom is 0.248 e. The van der Waals surface area contributed by atoms with Gasteiger partial charge >= 0.3 is 0 Å². The molecule has 0 aromatic heterocycles. The first-order valence-corrected chi connectivity index (χ1v) is 10.0. The average Bonchev–Trinajstić information content (AvgIpc) is 2.89. The third kappa shape index (κ3) is 5.13. The van der Waals surface area contributed by atoms with Crippen LogP contribution in [-0.2, 0) is 20.7 Å². The van der Waals surface area contributed by atoms with E-state index in [0.717, 1.165) is 11.1 Å². The Morgan fingerprint density at radius 3 is 2.60 bits per heavy atom. The lowest BCUT2D eigenvalue weighted by molar-refractivity contribution is -0.136. The van der Waals surface area contributed by atoms with Crippen molar-refractivity contribution < 1.29 is 18.7 Å². The van der Waals surface area contributed by atoms with Gasteiger partial charge in [-0.3, -0.25) is 9.59 Å². The molecule has 5 nitrogen and oxygen atoms in total. The number of methoxy groups -OCH3 is 1. The molecule has 1 heterocycles. The summed E-state index contributed by atoms with van der Waals surface area (Å²) < 4.78 is 19.0. The summed E-state index contributed by atoms with van der Waals surface area (Å²) in [4.78, 5) is 28.9. The molecule has 2 amide bonds. The number of nitrogens with zero attached hydrogens (tertiary/aromatic N) is 2. The lowest BCUT2D eigenvalue weighted by Gasteiger charge is -2.23. The molecule has 3 rings (SSSR count). The molecular weight excluding hydrogens is 383 g/mol. The van der Waals surface area contributed by atoms with Crippen molar-refractivity contribution in [2.45, 2.75) is 6.42 Å². The molecule has 0 aliphatic carbocycles. The Bertz CT molecular complexity index is 898. The van der Waals surface area contributed by atoms with E-state index in [2.05, 4.69) is 6.58 Å². The van der Waals surface area contributed by atoms with Crippen LogP contribution in [0.25, 0.3) is 11.1 Å². The van der Waals surface area contributed by atoms with Gasteiger partial charge in [-0.1, -0.05) is 48.5 Å². The van der Waals surface area contributed by atoms with Gasteiger partial charge in [0.15, 0.2) is 0 Å². The minimum absolute atomic E-state index is 0.000292. The van der Waals surface area contributed by atoms with Crippen molar-refractivity contribution in [1.29, 1.82) is 0 Å². The third-order valence-electron chi connectivity index (χ3n) is 5.33. The molecule has 1 atom stereocenters. The highest BCUT2D eigenvalue weighted by atomic mass is 19.1. The van der Waals surface area contributed by atoms with Crippen LogP contribution in [0.1, 0.15) is 5.56 Å². The molecule has 1 saturated heterocycles. The summed E-state index contributed by atoms with van der Waals surface area (Å²) in [6.07, 6.45) is 2.20. The molecule has 0 bridgehead atoms. The van der Waals surface area contributed by atoms with Crippen molar-refractivity contribution in [3.63, 3.8) is 0 Å². The van der Waals surface area contributed by atoms with Gasteiger partial charge in [0, 0.05) is 38.9 Å². The van der Waals surface area contributed by atoms with Crippen LogP contribution in [-0.4, -0.2) is 61.5 Å². The molecule has 0 saturated carbocycles. The third-order valence-corrected chi connectivity index (χ3v) is 5.33. The Labute approximate surface area is 176 Å². The summed E-state index contributed by atoms with van der Waals surface area (Å²) in [5.74, 6) is -0.726. The second-order valence-corrected chi connectivity index (χ2v) is 7.42. The van der Waals surface area contributed by atoms with Crippen molar-refractivity contribution in [2.75, 3.05) is 39.9 Å². The Morgan fingerprint density at radius 1 is 1.20 bits per heavy atom. The molecule has 0 N–H and O–H groups in total. The van der Waals surface area contributed by atoms with Gasteiger partial charge in [-0.05, 0) is 23.6 Å². The summed E-state index contributed by atoms with van der Waals surface area (Å²) in [7, 11) is 1.49. The number of hydrogen-bond acceptors (Lipinski definition) is 3. The topological polar surface area (TPSA) is 49.9 Å². The van der Waals surface area contributed by atoms with E-state index in [1.807, 2.05) is 24.3 Å². The van der Waals surface area contributed by atoms with Crippen LogP contribution in [0.15, 0.2) is 61.2 Å². The zero-order valence-electron chi connectivity index (χ0n) is 17.2. The van der Waals surface area contributed by atoms with Crippen LogP contribution in [0.5, 0.6) is 0 Å². The van der Waals surface area contributed by atoms with Crippen LogP contribution in [0.4, 0.5) is 4.39 Å². The molecule has 1 fully saturated rings. The molecule has 1 unspecified atom stereocenters. The maximum atomic E-state index is 14.0. The molecule has 30 heavy (non-hydrogen) atoms. The summed E-state index contributed by atoms with van der Waals surface area (Å²) in [5.41, 5.74) is 2.30. The lowest BCUT2D eigenvalue weighted by atomic mass is 9.95. The van der Waals surface area contributed by atoms with Gasteiger partial charge in [-0.25, -0.2) is 4.39 Å². The zero-order chi connectivity index (χ0) is 21.5. The second kappa shape index (κ2) is 10.2. The second-order valence-electron chi connectivity index (χ2n) is 7.42. The van der Waals surface area contributed by atoms with Gasteiger partial charge < -0.3 is 14.5 Å². The van der Waals surface area contributed by atoms with E-state index in [1.54, 1.807) is 34.1 Å². The average molecular weight is 410 g/mol. The van der Waals surface area contributed by atoms with Gasteiger partial charge in [-0.15, -0.1) is 6.58 Å². The fraction of sp³-hybridized carbons (Fsp3) is 0.333. The fourth-order valence-electron chi connectivity index (χ4n) is 3.78. The van der Waals surface area contributed by atoms with Gasteiger partial charge in [-0.2, -0.15) is 0 Å². The molecule has 1 aliphatic heterocycles. The van der Waals surface area contributed by atoms with Gasteiger partial charge in [0.05, 0.1) is 5.92 Å². The zero-order valence-corrected chi connectivity index (χ0v) is 17.2. The molecule has 2 aromatic carbocycles. The first-order chi connectivity index (χ1) is 14.5. The monoisotopic (exact) mass is 410 g/mol. The summed E-state index contributed by atoms with van der Waals surface area (Å²) in [6.45, 7) is 5.49. The van der Waals surface area contributed by atoms with Crippen molar-refractivity contribution in [1.82, 2.24) is 9.80 Å². The van der Waals surface area contributed by atoms with Gasteiger partial charge in [0.1, 0.15) is 12.4 Å². The van der Waals surface area contributed by atoms with E-state index in [-0.39, 0.29) is 30.2 Å². The standard InChI is InChI=1S/C24H27FN2O3/c1-3-12-26-13-14-27(23(28)17-30-2)16-20(24(26)29)15-18-8-10-19(11-9-18)21-6-4-5-7-22(21)25/h3-11,20H,1,12-17H2,2H3. The van der Waals surface area contributed by atoms with Crippen LogP contribution < -0.4 is 0 Å². The van der Waals surface area contributed by atoms with E-state index in [1.165, 1.54) is 13.2 Å². The number of hydrogen-bond donors (Lipinski definition) is 0. The van der Waals surface area contributed by atoms with Crippen molar-refractivity contribution in [3.05, 3.63) is 72.6 Å². The highest BCUT2D eigenvalue weighted by Crippen LogP contribution is 2.24. The quantitative estimate of drug-likeness (QED) is 0.659. The van der Waals surface area contributed by atoms with E-state index in [4.69, 9.17) is 4.74 Å². The fourth-order valence-corrected chi connectivity index (χ4v) is 3.78. The van der Waals surface area contributed by atoms with Crippen molar-refractivity contribution in [2.24, 2.45) is 5.92 Å². The number of carbonyl (C=O) groups excluding carboxylic acids is 2. The van der Waals surface area contributed by atoms with Crippen LogP contribution in [0, 0.1) is 11.7 Å². The highest BCUT2D eigenvalue weighted by molar-refractivity contribution is 5.83. The Kier molecular flexibility index (Phi) is 7.36. The molecule has 2 aromatic rings. The largest absolute Gasteiger partial charge is 0.375 e. The predicted octanol–water partition coefficient (Wildman–Crippen LogP) is 3.15. The molecule has 0 radical (unpaired) electrons. The smallest absolute Gasteiger partial charge is 0.248 e. The Morgan fingerprint density at radius 2 is 1.93 bits per heavy atom. The number of ether oxygens (including phenoxy) is 1. The summed E-state index contributed by atoms with van der Waals surface area (Å²) in [5, 5.41) is 0. The minimum Gasteiger partial charge on any atom is -0.375 e. The Hall–Kier alpha value is -2.99. The molecular formula is C24H27FN2O3. The number of halogens is 1. The van der Waals surface area contributed by atoms with Gasteiger partial charge in [0.25, 0.3) is 0 Å². The number of carbonyl (C=O) groups is 2. The molecule has 6 heteroatoms. The minimum atomic E-state index is -0.354. The highest BCUT2D eigenvalue weighted by Gasteiger charge is 2.31. The SMILES string of the molecule is C=CCN1CCN(C(=O)COC)CC(Cc2ccc(-c3ccccc3F)cc2)C1=O. The first kappa shape index (κ1) is 21.7. The lowest BCUT2D eigenvalue weighted by Crippen LogP contribution is -2.39. The van der Waals surface area contributed by atoms with E-state index in [0.29, 0.717) is 38.2 Å². The molecule has 158 valence electrons. The number of benzene rings is 2. The van der Waals surface area contributed by atoms with Crippen LogP contribution >= 0.6 is 0 Å². The number of amides is 2. The Balaban J connectivity index is 1.79. The normalized spacial score (nSPS) is 17.0. The molecule has 1 aliphatic rings. The maximum absolute atomic E-state index is 14.0. The van der Waals surface area contributed by atoms with Crippen molar-refractivity contribution in [3.8, 4) is 11.1 Å². The number of rotatable bonds is 7. The van der Waals surface area contributed by atoms with E-state index >= 15 is 0 Å².